The van der Waals surface area contributed by atoms with Crippen molar-refractivity contribution in [2.45, 2.75) is 46.2 Å². The summed E-state index contributed by atoms with van der Waals surface area (Å²) in [4.78, 5) is 8.40. The summed E-state index contributed by atoms with van der Waals surface area (Å²) < 4.78 is 5.04. The van der Waals surface area contributed by atoms with Gasteiger partial charge in [-0.25, -0.2) is 4.98 Å². The maximum Gasteiger partial charge on any atom is 0.185 e. The zero-order chi connectivity index (χ0) is 14.3. The first-order valence-corrected chi connectivity index (χ1v) is 7.86. The molecule has 0 amide bonds. The van der Waals surface area contributed by atoms with Crippen LogP contribution in [0.1, 0.15) is 37.8 Å². The van der Waals surface area contributed by atoms with Crippen molar-refractivity contribution in [2.24, 2.45) is 0 Å². The normalized spacial score (nSPS) is 12.7. The fourth-order valence-electron chi connectivity index (χ4n) is 1.77. The molecule has 110 valence electrons. The number of ether oxygens (including phenoxy) is 1. The molecular weight excluding hydrogens is 258 g/mol. The number of rotatable bonds is 9. The third-order valence-corrected chi connectivity index (χ3v) is 4.61. The van der Waals surface area contributed by atoms with Gasteiger partial charge in [-0.2, -0.15) is 0 Å². The van der Waals surface area contributed by atoms with Crippen LogP contribution >= 0.6 is 11.3 Å². The first-order valence-electron chi connectivity index (χ1n) is 7.05. The van der Waals surface area contributed by atoms with Gasteiger partial charge in [-0.1, -0.05) is 13.8 Å². The Morgan fingerprint density at radius 3 is 2.74 bits per heavy atom. The fraction of sp³-hybridized carbons (Fsp3) is 0.786. The van der Waals surface area contributed by atoms with Gasteiger partial charge in [0.25, 0.3) is 0 Å². The molecule has 1 aromatic rings. The fourth-order valence-corrected chi connectivity index (χ4v) is 2.96. The number of nitrogens with zero attached hydrogens (tertiary/aromatic N) is 2. The van der Waals surface area contributed by atoms with E-state index in [4.69, 9.17) is 9.72 Å². The van der Waals surface area contributed by atoms with E-state index in [1.165, 1.54) is 10.6 Å². The molecule has 1 heterocycles. The van der Waals surface area contributed by atoms with Crippen molar-refractivity contribution in [1.82, 2.24) is 10.3 Å². The quantitative estimate of drug-likeness (QED) is 0.708. The van der Waals surface area contributed by atoms with Crippen LogP contribution in [0.4, 0.5) is 5.13 Å². The molecule has 0 aliphatic carbocycles. The van der Waals surface area contributed by atoms with E-state index in [0.717, 1.165) is 37.7 Å². The van der Waals surface area contributed by atoms with E-state index in [1.54, 1.807) is 18.4 Å². The van der Waals surface area contributed by atoms with Gasteiger partial charge >= 0.3 is 0 Å². The second-order valence-electron chi connectivity index (χ2n) is 4.76. The molecular formula is C14H27N3OS. The van der Waals surface area contributed by atoms with E-state index in [0.29, 0.717) is 6.04 Å². The molecule has 19 heavy (non-hydrogen) atoms. The van der Waals surface area contributed by atoms with Gasteiger partial charge in [0.2, 0.25) is 0 Å². The second-order valence-corrected chi connectivity index (χ2v) is 5.82. The minimum absolute atomic E-state index is 0.533. The summed E-state index contributed by atoms with van der Waals surface area (Å²) in [6.45, 7) is 9.14. The zero-order valence-electron chi connectivity index (χ0n) is 12.8. The Hall–Kier alpha value is -0.650. The minimum Gasteiger partial charge on any atom is -0.383 e. The van der Waals surface area contributed by atoms with Crippen molar-refractivity contribution in [3.63, 3.8) is 0 Å². The third-order valence-electron chi connectivity index (χ3n) is 3.42. The molecule has 0 aliphatic heterocycles. The van der Waals surface area contributed by atoms with Crippen LogP contribution in [0.25, 0.3) is 0 Å². The highest BCUT2D eigenvalue weighted by molar-refractivity contribution is 7.15. The van der Waals surface area contributed by atoms with Crippen molar-refractivity contribution in [3.05, 3.63) is 10.6 Å². The molecule has 5 heteroatoms. The minimum atomic E-state index is 0.533. The molecule has 0 saturated carbocycles. The average Bonchev–Trinajstić information content (AvgIpc) is 2.85. The maximum atomic E-state index is 5.04. The Morgan fingerprint density at radius 1 is 1.42 bits per heavy atom. The molecule has 0 aliphatic rings. The van der Waals surface area contributed by atoms with Crippen LogP contribution in [0.5, 0.6) is 0 Å². The van der Waals surface area contributed by atoms with E-state index in [-0.39, 0.29) is 0 Å². The lowest BCUT2D eigenvalue weighted by Crippen LogP contribution is -2.27. The van der Waals surface area contributed by atoms with E-state index in [9.17, 15) is 0 Å². The molecule has 0 saturated heterocycles. The Labute approximate surface area is 121 Å². The van der Waals surface area contributed by atoms with E-state index in [1.807, 2.05) is 0 Å². The molecule has 0 aromatic carbocycles. The Kier molecular flexibility index (Phi) is 7.34. The number of methoxy groups -OCH3 is 1. The summed E-state index contributed by atoms with van der Waals surface area (Å²) in [6.07, 6.45) is 2.13. The number of thiazole rings is 1. The molecule has 1 rings (SSSR count). The van der Waals surface area contributed by atoms with Gasteiger partial charge in [-0.15, -0.1) is 11.3 Å². The molecule has 1 N–H and O–H groups in total. The lowest BCUT2D eigenvalue weighted by molar-refractivity contribution is 0.199. The average molecular weight is 285 g/mol. The smallest absolute Gasteiger partial charge is 0.185 e. The van der Waals surface area contributed by atoms with Crippen LogP contribution in [-0.4, -0.2) is 38.3 Å². The van der Waals surface area contributed by atoms with Crippen molar-refractivity contribution in [2.75, 3.05) is 32.2 Å². The Balaban J connectivity index is 2.68. The SMILES string of the molecule is CCc1nc(N(C)C(C)CC)sc1CNCCOC. The first kappa shape index (κ1) is 16.4. The summed E-state index contributed by atoms with van der Waals surface area (Å²) in [5, 5.41) is 4.53. The van der Waals surface area contributed by atoms with Crippen molar-refractivity contribution < 1.29 is 4.74 Å². The highest BCUT2D eigenvalue weighted by atomic mass is 32.1. The molecule has 1 unspecified atom stereocenters. The topological polar surface area (TPSA) is 37.4 Å². The largest absolute Gasteiger partial charge is 0.383 e. The highest BCUT2D eigenvalue weighted by Crippen LogP contribution is 2.27. The van der Waals surface area contributed by atoms with Gasteiger partial charge in [0.1, 0.15) is 0 Å². The van der Waals surface area contributed by atoms with Crippen molar-refractivity contribution >= 4 is 16.5 Å². The number of hydrogen-bond acceptors (Lipinski definition) is 5. The van der Waals surface area contributed by atoms with Crippen LogP contribution in [0, 0.1) is 0 Å². The zero-order valence-corrected chi connectivity index (χ0v) is 13.6. The van der Waals surface area contributed by atoms with Crippen LogP contribution in [0.15, 0.2) is 0 Å². The van der Waals surface area contributed by atoms with Gasteiger partial charge in [0.15, 0.2) is 5.13 Å². The van der Waals surface area contributed by atoms with Crippen molar-refractivity contribution in [1.29, 1.82) is 0 Å². The number of aryl methyl sites for hydroxylation is 1. The summed E-state index contributed by atoms with van der Waals surface area (Å²) in [7, 11) is 3.86. The van der Waals surface area contributed by atoms with Crippen LogP contribution in [0.3, 0.4) is 0 Å². The number of nitrogens with one attached hydrogen (secondary N) is 1. The number of anilines is 1. The lowest BCUT2D eigenvalue weighted by atomic mass is 10.2. The molecule has 1 aromatic heterocycles. The summed E-state index contributed by atoms with van der Waals surface area (Å²) in [6, 6.07) is 0.533. The summed E-state index contributed by atoms with van der Waals surface area (Å²) in [5.41, 5.74) is 1.22. The summed E-state index contributed by atoms with van der Waals surface area (Å²) in [5.74, 6) is 0. The van der Waals surface area contributed by atoms with E-state index >= 15 is 0 Å². The lowest BCUT2D eigenvalue weighted by Gasteiger charge is -2.22. The van der Waals surface area contributed by atoms with Gasteiger partial charge < -0.3 is 15.0 Å². The third kappa shape index (κ3) is 4.75. The predicted octanol–water partition coefficient (Wildman–Crippen LogP) is 2.68. The molecule has 4 nitrogen and oxygen atoms in total. The number of aromatic nitrogens is 1. The first-order chi connectivity index (χ1) is 9.13. The van der Waals surface area contributed by atoms with Gasteiger partial charge in [-0.3, -0.25) is 0 Å². The predicted molar refractivity (Wildman–Crippen MR) is 83.2 cm³/mol. The van der Waals surface area contributed by atoms with Crippen LogP contribution in [-0.2, 0) is 17.7 Å². The van der Waals surface area contributed by atoms with Gasteiger partial charge in [0.05, 0.1) is 12.3 Å². The van der Waals surface area contributed by atoms with Gasteiger partial charge in [-0.05, 0) is 19.8 Å². The van der Waals surface area contributed by atoms with Crippen LogP contribution < -0.4 is 10.2 Å². The molecule has 0 bridgehead atoms. The maximum absolute atomic E-state index is 5.04. The molecule has 0 spiro atoms. The highest BCUT2D eigenvalue weighted by Gasteiger charge is 2.15. The Bertz CT molecular complexity index is 368. The van der Waals surface area contributed by atoms with Crippen LogP contribution in [0.2, 0.25) is 0 Å². The van der Waals surface area contributed by atoms with E-state index < -0.39 is 0 Å². The van der Waals surface area contributed by atoms with E-state index in [2.05, 4.69) is 38.0 Å². The van der Waals surface area contributed by atoms with Crippen molar-refractivity contribution in [3.8, 4) is 0 Å². The monoisotopic (exact) mass is 285 g/mol. The Morgan fingerprint density at radius 2 is 2.16 bits per heavy atom. The molecule has 1 atom stereocenters. The van der Waals surface area contributed by atoms with Gasteiger partial charge in [0, 0.05) is 38.2 Å². The molecule has 0 radical (unpaired) electrons. The molecule has 0 fully saturated rings. The summed E-state index contributed by atoms with van der Waals surface area (Å²) >= 11 is 1.81. The standard InChI is InChI=1S/C14H27N3OS/c1-6-11(3)17(4)14-16-12(7-2)13(19-14)10-15-8-9-18-5/h11,15H,6-10H2,1-5H3. The number of hydrogen-bond donors (Lipinski definition) is 1. The second kappa shape index (κ2) is 8.51.